The van der Waals surface area contributed by atoms with Gasteiger partial charge in [-0.25, -0.2) is 9.78 Å². The summed E-state index contributed by atoms with van der Waals surface area (Å²) in [5.74, 6) is -1.45. The van der Waals surface area contributed by atoms with Crippen LogP contribution in [0.3, 0.4) is 0 Å². The number of thiazole rings is 1. The second-order valence-corrected chi connectivity index (χ2v) is 7.05. The average molecular weight is 409 g/mol. The van der Waals surface area contributed by atoms with Crippen LogP contribution in [-0.2, 0) is 9.53 Å². The summed E-state index contributed by atoms with van der Waals surface area (Å²) in [4.78, 5) is 40.1. The lowest BCUT2D eigenvalue weighted by molar-refractivity contribution is -0.119. The number of benzene rings is 2. The smallest absolute Gasteiger partial charge is 0.358 e. The molecule has 3 rings (SSSR count). The lowest BCUT2D eigenvalue weighted by atomic mass is 10.2. The minimum atomic E-state index is -0.672. The molecule has 0 fully saturated rings. The lowest BCUT2D eigenvalue weighted by Crippen LogP contribution is -2.22. The summed E-state index contributed by atoms with van der Waals surface area (Å²) in [5.41, 5.74) is 3.04. The molecule has 2 aromatic carbocycles. The molecule has 0 bridgehead atoms. The summed E-state index contributed by atoms with van der Waals surface area (Å²) in [6.07, 6.45) is 0. The Bertz CT molecular complexity index is 1040. The number of aromatic nitrogens is 1. The Hall–Kier alpha value is -3.52. The fourth-order valence-electron chi connectivity index (χ4n) is 2.48. The van der Waals surface area contributed by atoms with Crippen molar-refractivity contribution in [2.45, 2.75) is 6.92 Å². The Morgan fingerprint density at radius 1 is 1.10 bits per heavy atom. The van der Waals surface area contributed by atoms with Gasteiger partial charge in [-0.1, -0.05) is 35.9 Å². The van der Waals surface area contributed by atoms with E-state index in [1.54, 1.807) is 23.6 Å². The summed E-state index contributed by atoms with van der Waals surface area (Å²) < 4.78 is 5.04. The summed E-state index contributed by atoms with van der Waals surface area (Å²) in [6, 6.07) is 14.3. The molecule has 2 N–H and O–H groups in total. The Morgan fingerprint density at radius 3 is 2.59 bits per heavy atom. The maximum atomic E-state index is 12.2. The second-order valence-electron chi connectivity index (χ2n) is 6.19. The maximum Gasteiger partial charge on any atom is 0.358 e. The molecule has 0 aliphatic heterocycles. The van der Waals surface area contributed by atoms with Crippen LogP contribution in [0, 0.1) is 6.92 Å². The van der Waals surface area contributed by atoms with Crippen LogP contribution in [0.1, 0.15) is 26.4 Å². The van der Waals surface area contributed by atoms with Crippen molar-refractivity contribution in [3.05, 3.63) is 70.7 Å². The molecule has 0 aliphatic rings. The number of aryl methyl sites for hydroxylation is 1. The molecule has 1 aromatic heterocycles. The first kappa shape index (κ1) is 20.2. The molecule has 1 heterocycles. The van der Waals surface area contributed by atoms with E-state index in [9.17, 15) is 14.4 Å². The number of anilines is 1. The number of amides is 2. The number of nitrogens with zero attached hydrogens (tertiary/aromatic N) is 1. The molecule has 148 valence electrons. The van der Waals surface area contributed by atoms with Crippen LogP contribution >= 0.6 is 11.3 Å². The molecule has 0 spiro atoms. The van der Waals surface area contributed by atoms with Crippen LogP contribution in [0.2, 0.25) is 0 Å². The first-order valence-electron chi connectivity index (χ1n) is 8.78. The fourth-order valence-corrected chi connectivity index (χ4v) is 3.28. The SMILES string of the molecule is CNC(=O)c1cccc(NC(=O)COC(=O)c2csc(-c3ccc(C)cc3)n2)c1. The van der Waals surface area contributed by atoms with Crippen molar-refractivity contribution in [2.24, 2.45) is 0 Å². The van der Waals surface area contributed by atoms with Gasteiger partial charge in [0, 0.05) is 29.2 Å². The van der Waals surface area contributed by atoms with Gasteiger partial charge in [-0.05, 0) is 25.1 Å². The van der Waals surface area contributed by atoms with E-state index < -0.39 is 18.5 Å². The van der Waals surface area contributed by atoms with Gasteiger partial charge in [-0.2, -0.15) is 0 Å². The summed E-state index contributed by atoms with van der Waals surface area (Å²) in [5, 5.41) is 7.40. The van der Waals surface area contributed by atoms with Crippen molar-refractivity contribution in [3.8, 4) is 10.6 Å². The number of ether oxygens (including phenoxy) is 1. The molecule has 7 nitrogen and oxygen atoms in total. The van der Waals surface area contributed by atoms with Gasteiger partial charge in [-0.3, -0.25) is 9.59 Å². The van der Waals surface area contributed by atoms with E-state index >= 15 is 0 Å². The minimum Gasteiger partial charge on any atom is -0.451 e. The van der Waals surface area contributed by atoms with Crippen molar-refractivity contribution in [1.29, 1.82) is 0 Å². The van der Waals surface area contributed by atoms with Crippen LogP contribution in [0.4, 0.5) is 5.69 Å². The van der Waals surface area contributed by atoms with Crippen molar-refractivity contribution >= 4 is 34.8 Å². The summed E-state index contributed by atoms with van der Waals surface area (Å²) >= 11 is 1.33. The average Bonchev–Trinajstić information content (AvgIpc) is 3.22. The molecule has 2 amide bonds. The Labute approximate surface area is 171 Å². The molecule has 0 atom stereocenters. The topological polar surface area (TPSA) is 97.4 Å². The number of rotatable bonds is 6. The molecule has 8 heteroatoms. The number of hydrogen-bond donors (Lipinski definition) is 2. The van der Waals surface area contributed by atoms with Crippen molar-refractivity contribution in [3.63, 3.8) is 0 Å². The van der Waals surface area contributed by atoms with Crippen LogP contribution in [0.25, 0.3) is 10.6 Å². The zero-order valence-electron chi connectivity index (χ0n) is 15.9. The van der Waals surface area contributed by atoms with Gasteiger partial charge in [0.15, 0.2) is 12.3 Å². The molecule has 0 aliphatic carbocycles. The van der Waals surface area contributed by atoms with Gasteiger partial charge in [-0.15, -0.1) is 11.3 Å². The third-order valence-electron chi connectivity index (χ3n) is 3.98. The highest BCUT2D eigenvalue weighted by molar-refractivity contribution is 7.13. The molecule has 0 unspecified atom stereocenters. The molecule has 0 saturated heterocycles. The monoisotopic (exact) mass is 409 g/mol. The van der Waals surface area contributed by atoms with Crippen molar-refractivity contribution < 1.29 is 19.1 Å². The van der Waals surface area contributed by atoms with E-state index in [0.717, 1.165) is 11.1 Å². The predicted octanol–water partition coefficient (Wildman–Crippen LogP) is 3.27. The molecular weight excluding hydrogens is 390 g/mol. The van der Waals surface area contributed by atoms with Crippen LogP contribution in [0.15, 0.2) is 53.9 Å². The van der Waals surface area contributed by atoms with Gasteiger partial charge in [0.2, 0.25) is 0 Å². The van der Waals surface area contributed by atoms with Gasteiger partial charge < -0.3 is 15.4 Å². The zero-order valence-corrected chi connectivity index (χ0v) is 16.7. The second kappa shape index (κ2) is 9.11. The maximum absolute atomic E-state index is 12.2. The van der Waals surface area contributed by atoms with E-state index in [2.05, 4.69) is 15.6 Å². The largest absolute Gasteiger partial charge is 0.451 e. The van der Waals surface area contributed by atoms with Crippen LogP contribution < -0.4 is 10.6 Å². The minimum absolute atomic E-state index is 0.153. The van der Waals surface area contributed by atoms with Gasteiger partial charge in [0.1, 0.15) is 5.01 Å². The number of nitrogens with one attached hydrogen (secondary N) is 2. The van der Waals surface area contributed by atoms with Gasteiger partial charge in [0.25, 0.3) is 11.8 Å². The quantitative estimate of drug-likeness (QED) is 0.609. The highest BCUT2D eigenvalue weighted by Gasteiger charge is 2.15. The molecule has 29 heavy (non-hydrogen) atoms. The van der Waals surface area contributed by atoms with E-state index in [0.29, 0.717) is 16.3 Å². The van der Waals surface area contributed by atoms with E-state index in [1.165, 1.54) is 24.5 Å². The fraction of sp³-hybridized carbons (Fsp3) is 0.143. The lowest BCUT2D eigenvalue weighted by Gasteiger charge is -2.07. The zero-order chi connectivity index (χ0) is 20.8. The highest BCUT2D eigenvalue weighted by Crippen LogP contribution is 2.24. The summed E-state index contributed by atoms with van der Waals surface area (Å²) in [6.45, 7) is 1.54. The standard InChI is InChI=1S/C21H19N3O4S/c1-13-6-8-14(9-7-13)20-24-17(12-29-20)21(27)28-11-18(25)23-16-5-3-4-15(10-16)19(26)22-2/h3-10,12H,11H2,1-2H3,(H,22,26)(H,23,25). The van der Waals surface area contributed by atoms with E-state index in [-0.39, 0.29) is 11.6 Å². The van der Waals surface area contributed by atoms with Crippen molar-refractivity contribution in [1.82, 2.24) is 10.3 Å². The van der Waals surface area contributed by atoms with Crippen molar-refractivity contribution in [2.75, 3.05) is 19.0 Å². The van der Waals surface area contributed by atoms with Gasteiger partial charge in [0.05, 0.1) is 0 Å². The third-order valence-corrected chi connectivity index (χ3v) is 4.87. The Morgan fingerprint density at radius 2 is 1.86 bits per heavy atom. The first-order chi connectivity index (χ1) is 14.0. The first-order valence-corrected chi connectivity index (χ1v) is 9.66. The van der Waals surface area contributed by atoms with Gasteiger partial charge >= 0.3 is 5.97 Å². The molecular formula is C21H19N3O4S. The molecule has 0 radical (unpaired) electrons. The highest BCUT2D eigenvalue weighted by atomic mass is 32.1. The van der Waals surface area contributed by atoms with Crippen LogP contribution in [0.5, 0.6) is 0 Å². The number of esters is 1. The Balaban J connectivity index is 1.56. The predicted molar refractivity (Wildman–Crippen MR) is 111 cm³/mol. The molecule has 3 aromatic rings. The van der Waals surface area contributed by atoms with E-state index in [1.807, 2.05) is 31.2 Å². The summed E-state index contributed by atoms with van der Waals surface area (Å²) in [7, 11) is 1.52. The third kappa shape index (κ3) is 5.26. The normalized spacial score (nSPS) is 10.3. The van der Waals surface area contributed by atoms with E-state index in [4.69, 9.17) is 4.74 Å². The number of hydrogen-bond acceptors (Lipinski definition) is 6. The Kier molecular flexibility index (Phi) is 6.36. The van der Waals surface area contributed by atoms with Crippen LogP contribution in [-0.4, -0.2) is 36.4 Å². The molecule has 0 saturated carbocycles. The number of carbonyl (C=O) groups is 3. The number of carbonyl (C=O) groups excluding carboxylic acids is 3.